The summed E-state index contributed by atoms with van der Waals surface area (Å²) in [5.74, 6) is -1.51. The number of hydrogen-bond donors (Lipinski definition) is 3. The van der Waals surface area contributed by atoms with Gasteiger partial charge in [0.15, 0.2) is 11.9 Å². The lowest BCUT2D eigenvalue weighted by atomic mass is 9.95. The molecule has 14 heteroatoms. The SMILES string of the molecule is O=C(NNC(=O)c1ncc(C(F)(F)F)cc1-c1cnc(C2CC2)nc1)N[C@H]1N=C(c2ccccc2)c2cccc(F)c2CC1=O. The van der Waals surface area contributed by atoms with Crippen LogP contribution in [-0.2, 0) is 17.4 Å². The van der Waals surface area contributed by atoms with E-state index in [-0.39, 0.29) is 34.7 Å². The van der Waals surface area contributed by atoms with Crippen LogP contribution < -0.4 is 16.2 Å². The first kappa shape index (κ1) is 29.5. The van der Waals surface area contributed by atoms with Gasteiger partial charge in [-0.25, -0.2) is 29.6 Å². The topological polar surface area (TPSA) is 138 Å². The van der Waals surface area contributed by atoms with Crippen LogP contribution in [0.15, 0.2) is 78.2 Å². The Morgan fingerprint density at radius 2 is 1.58 bits per heavy atom. The van der Waals surface area contributed by atoms with E-state index in [0.29, 0.717) is 23.1 Å². The van der Waals surface area contributed by atoms with Crippen molar-refractivity contribution in [1.82, 2.24) is 31.1 Å². The van der Waals surface area contributed by atoms with E-state index in [4.69, 9.17) is 0 Å². The minimum Gasteiger partial charge on any atom is -0.308 e. The van der Waals surface area contributed by atoms with Crippen LogP contribution in [0.4, 0.5) is 22.4 Å². The number of carbonyl (C=O) groups is 3. The van der Waals surface area contributed by atoms with Crippen molar-refractivity contribution in [2.45, 2.75) is 37.5 Å². The number of halogens is 4. The van der Waals surface area contributed by atoms with E-state index in [1.54, 1.807) is 36.4 Å². The normalized spacial score (nSPS) is 16.2. The third-order valence-corrected chi connectivity index (χ3v) is 7.25. The average molecular weight is 618 g/mol. The molecule has 0 unspecified atom stereocenters. The van der Waals surface area contributed by atoms with Gasteiger partial charge in [-0.2, -0.15) is 13.2 Å². The number of fused-ring (bicyclic) bond motifs is 1. The number of pyridine rings is 1. The maximum Gasteiger partial charge on any atom is 0.417 e. The summed E-state index contributed by atoms with van der Waals surface area (Å²) in [5, 5.41) is 2.35. The van der Waals surface area contributed by atoms with E-state index >= 15 is 0 Å². The van der Waals surface area contributed by atoms with Crippen molar-refractivity contribution in [3.8, 4) is 11.1 Å². The molecule has 2 aromatic carbocycles. The first-order chi connectivity index (χ1) is 21.6. The van der Waals surface area contributed by atoms with Gasteiger partial charge in [0.1, 0.15) is 17.3 Å². The number of hydrogen-bond acceptors (Lipinski definition) is 7. The van der Waals surface area contributed by atoms with Gasteiger partial charge in [-0.15, -0.1) is 0 Å². The number of ketones is 1. The fraction of sp³-hybridized carbons (Fsp3) is 0.194. The molecule has 1 aliphatic carbocycles. The highest BCUT2D eigenvalue weighted by Gasteiger charge is 2.33. The summed E-state index contributed by atoms with van der Waals surface area (Å²) in [5.41, 5.74) is 3.91. The third kappa shape index (κ3) is 6.39. The van der Waals surface area contributed by atoms with Crippen molar-refractivity contribution in [3.63, 3.8) is 0 Å². The molecule has 2 aromatic heterocycles. The van der Waals surface area contributed by atoms with Gasteiger partial charge in [0, 0.05) is 58.7 Å². The van der Waals surface area contributed by atoms with E-state index < -0.39 is 47.1 Å². The molecule has 1 fully saturated rings. The first-order valence-corrected chi connectivity index (χ1v) is 13.8. The number of benzene rings is 2. The largest absolute Gasteiger partial charge is 0.417 e. The van der Waals surface area contributed by atoms with Crippen LogP contribution in [0.25, 0.3) is 11.1 Å². The molecule has 228 valence electrons. The molecule has 3 amide bonds. The number of urea groups is 1. The zero-order valence-corrected chi connectivity index (χ0v) is 23.2. The van der Waals surface area contributed by atoms with Crippen LogP contribution >= 0.6 is 0 Å². The number of Topliss-reactive ketones (excluding diaryl/α,β-unsaturated/α-hetero) is 1. The summed E-state index contributed by atoms with van der Waals surface area (Å²) in [4.78, 5) is 55.5. The fourth-order valence-corrected chi connectivity index (χ4v) is 4.82. The van der Waals surface area contributed by atoms with E-state index in [0.717, 1.165) is 18.9 Å². The van der Waals surface area contributed by atoms with E-state index in [9.17, 15) is 31.9 Å². The number of aliphatic imine (C=N–C) groups is 1. The van der Waals surface area contributed by atoms with Crippen molar-refractivity contribution in [2.75, 3.05) is 0 Å². The molecule has 2 aliphatic rings. The van der Waals surface area contributed by atoms with Gasteiger partial charge in [-0.3, -0.25) is 20.0 Å². The van der Waals surface area contributed by atoms with Crippen LogP contribution in [0.5, 0.6) is 0 Å². The standard InChI is InChI=1S/C31H23F4N7O3/c32-23-8-4-7-20-22(23)12-24(43)28(39-25(20)16-5-2-1-3-6-16)40-30(45)42-41-29(44)26-21(11-19(15-36-26)31(33,34)35)18-13-37-27(38-14-18)17-9-10-17/h1-8,11,13-15,17,28H,9-10,12H2,(H,41,44)(H2,40,42,45)/t28-/m1/s1. The van der Waals surface area contributed by atoms with E-state index in [2.05, 4.69) is 36.1 Å². The lowest BCUT2D eigenvalue weighted by molar-refractivity contribution is -0.137. The van der Waals surface area contributed by atoms with Crippen molar-refractivity contribution < 1.29 is 31.9 Å². The number of carbonyl (C=O) groups excluding carboxylic acids is 3. The molecule has 45 heavy (non-hydrogen) atoms. The van der Waals surface area contributed by atoms with Crippen molar-refractivity contribution in [1.29, 1.82) is 0 Å². The fourth-order valence-electron chi connectivity index (χ4n) is 4.82. The Balaban J connectivity index is 1.21. The highest BCUT2D eigenvalue weighted by molar-refractivity contribution is 6.16. The number of alkyl halides is 3. The van der Waals surface area contributed by atoms with Crippen LogP contribution in [0, 0.1) is 5.82 Å². The molecule has 0 bridgehead atoms. The maximum atomic E-state index is 14.7. The molecule has 1 aliphatic heterocycles. The third-order valence-electron chi connectivity index (χ3n) is 7.25. The summed E-state index contributed by atoms with van der Waals surface area (Å²) >= 11 is 0. The Labute approximate surface area is 253 Å². The average Bonchev–Trinajstić information content (AvgIpc) is 3.89. The summed E-state index contributed by atoms with van der Waals surface area (Å²) in [6.45, 7) is 0. The van der Waals surface area contributed by atoms with Gasteiger partial charge >= 0.3 is 12.2 Å². The second-order valence-electron chi connectivity index (χ2n) is 10.4. The molecule has 3 N–H and O–H groups in total. The van der Waals surface area contributed by atoms with Gasteiger partial charge < -0.3 is 5.32 Å². The number of rotatable bonds is 5. The monoisotopic (exact) mass is 617 g/mol. The Morgan fingerprint density at radius 3 is 2.27 bits per heavy atom. The van der Waals surface area contributed by atoms with Crippen molar-refractivity contribution in [2.24, 2.45) is 4.99 Å². The maximum absolute atomic E-state index is 14.7. The highest BCUT2D eigenvalue weighted by atomic mass is 19.4. The molecule has 1 saturated carbocycles. The number of hydrazine groups is 1. The zero-order chi connectivity index (χ0) is 31.7. The Morgan fingerprint density at radius 1 is 0.844 bits per heavy atom. The quantitative estimate of drug-likeness (QED) is 0.223. The lowest BCUT2D eigenvalue weighted by Gasteiger charge is -2.16. The summed E-state index contributed by atoms with van der Waals surface area (Å²) in [6, 6.07) is 12.7. The smallest absolute Gasteiger partial charge is 0.308 e. The Bertz CT molecular complexity index is 1830. The van der Waals surface area contributed by atoms with Gasteiger partial charge in [-0.05, 0) is 25.0 Å². The summed E-state index contributed by atoms with van der Waals surface area (Å²) < 4.78 is 55.2. The first-order valence-electron chi connectivity index (χ1n) is 13.8. The molecule has 10 nitrogen and oxygen atoms in total. The molecule has 3 heterocycles. The number of nitrogens with zero attached hydrogens (tertiary/aromatic N) is 4. The molecular formula is C31H23F4N7O3. The van der Waals surface area contributed by atoms with Gasteiger partial charge in [0.05, 0.1) is 11.3 Å². The van der Waals surface area contributed by atoms with E-state index in [1.807, 2.05) is 0 Å². The molecule has 6 rings (SSSR count). The van der Waals surface area contributed by atoms with Crippen molar-refractivity contribution in [3.05, 3.63) is 113 Å². The number of nitrogens with one attached hydrogen (secondary N) is 3. The van der Waals surface area contributed by atoms with Gasteiger partial charge in [-0.1, -0.05) is 42.5 Å². The van der Waals surface area contributed by atoms with Gasteiger partial charge in [0.25, 0.3) is 5.91 Å². The lowest BCUT2D eigenvalue weighted by Crippen LogP contribution is -2.51. The van der Waals surface area contributed by atoms with Crippen LogP contribution in [0.2, 0.25) is 0 Å². The zero-order valence-electron chi connectivity index (χ0n) is 23.2. The molecule has 0 radical (unpaired) electrons. The molecular weight excluding hydrogens is 594 g/mol. The minimum atomic E-state index is -4.74. The van der Waals surface area contributed by atoms with Crippen LogP contribution in [0.1, 0.15) is 57.3 Å². The predicted molar refractivity (Wildman–Crippen MR) is 152 cm³/mol. The van der Waals surface area contributed by atoms with Crippen LogP contribution in [-0.4, -0.2) is 44.6 Å². The Kier molecular flexibility index (Phi) is 7.79. The summed E-state index contributed by atoms with van der Waals surface area (Å²) in [6.07, 6.45) is -1.59. The minimum absolute atomic E-state index is 0.117. The molecule has 0 saturated heterocycles. The number of amides is 3. The molecule has 4 aromatic rings. The van der Waals surface area contributed by atoms with Gasteiger partial charge in [0.2, 0.25) is 0 Å². The van der Waals surface area contributed by atoms with Crippen LogP contribution in [0.3, 0.4) is 0 Å². The Hall–Kier alpha value is -5.53. The predicted octanol–water partition coefficient (Wildman–Crippen LogP) is 4.51. The molecule has 0 spiro atoms. The van der Waals surface area contributed by atoms with Crippen molar-refractivity contribution >= 4 is 23.4 Å². The molecule has 1 atom stereocenters. The second-order valence-corrected chi connectivity index (χ2v) is 10.4. The highest BCUT2D eigenvalue weighted by Crippen LogP contribution is 2.38. The summed E-state index contributed by atoms with van der Waals surface area (Å²) in [7, 11) is 0. The van der Waals surface area contributed by atoms with E-state index in [1.165, 1.54) is 24.5 Å². The second kappa shape index (κ2) is 11.9. The number of aromatic nitrogens is 3.